The van der Waals surface area contributed by atoms with Crippen LogP contribution in [0, 0.1) is 11.3 Å². The Balaban J connectivity index is 1.85. The minimum Gasteiger partial charge on any atom is -0.310 e. The van der Waals surface area contributed by atoms with Gasteiger partial charge in [0, 0.05) is 23.7 Å². The maximum Gasteiger partial charge on any atom is 0.0991 e. The van der Waals surface area contributed by atoms with Crippen LogP contribution < -0.4 is 5.32 Å². The third-order valence-corrected chi connectivity index (χ3v) is 3.16. The summed E-state index contributed by atoms with van der Waals surface area (Å²) in [4.78, 5) is 0. The molecule has 4 nitrogen and oxygen atoms in total. The van der Waals surface area contributed by atoms with Crippen LogP contribution in [-0.2, 0) is 6.54 Å². The molecular weight excluding hydrogens is 224 g/mol. The first-order chi connectivity index (χ1) is 8.86. The number of H-pyrrole nitrogens is 1. The fraction of sp³-hybridized carbons (Fsp3) is 0.286. The van der Waals surface area contributed by atoms with Gasteiger partial charge in [-0.25, -0.2) is 0 Å². The molecule has 1 aliphatic carbocycles. The highest BCUT2D eigenvalue weighted by Gasteiger charge is 2.20. The molecule has 0 spiro atoms. The molecule has 0 atom stereocenters. The summed E-state index contributed by atoms with van der Waals surface area (Å²) in [7, 11) is 0. The number of hydrogen-bond donors (Lipinski definition) is 2. The Morgan fingerprint density at radius 2 is 2.33 bits per heavy atom. The third-order valence-electron chi connectivity index (χ3n) is 3.16. The molecule has 0 radical (unpaired) electrons. The SMILES string of the molecule is N#Cc1cccc(-c2[nH]ncc2CNC2CC2)c1. The summed E-state index contributed by atoms with van der Waals surface area (Å²) in [5.41, 5.74) is 3.83. The van der Waals surface area contributed by atoms with Crippen molar-refractivity contribution in [2.45, 2.75) is 25.4 Å². The molecule has 0 unspecified atom stereocenters. The molecule has 1 aliphatic rings. The van der Waals surface area contributed by atoms with E-state index >= 15 is 0 Å². The van der Waals surface area contributed by atoms with Gasteiger partial charge >= 0.3 is 0 Å². The van der Waals surface area contributed by atoms with Crippen LogP contribution in [-0.4, -0.2) is 16.2 Å². The highest BCUT2D eigenvalue weighted by Crippen LogP contribution is 2.24. The second-order valence-corrected chi connectivity index (χ2v) is 4.62. The number of aromatic amines is 1. The van der Waals surface area contributed by atoms with Gasteiger partial charge in [-0.1, -0.05) is 12.1 Å². The predicted octanol–water partition coefficient (Wildman–Crippen LogP) is 2.20. The van der Waals surface area contributed by atoms with E-state index in [1.54, 1.807) is 0 Å². The Morgan fingerprint density at radius 1 is 1.44 bits per heavy atom. The van der Waals surface area contributed by atoms with Crippen molar-refractivity contribution in [3.63, 3.8) is 0 Å². The van der Waals surface area contributed by atoms with E-state index in [9.17, 15) is 0 Å². The van der Waals surface area contributed by atoms with Crippen molar-refractivity contribution >= 4 is 0 Å². The molecule has 1 aromatic heterocycles. The van der Waals surface area contributed by atoms with E-state index in [0.717, 1.165) is 23.4 Å². The minimum absolute atomic E-state index is 0.670. The van der Waals surface area contributed by atoms with E-state index in [2.05, 4.69) is 21.6 Å². The lowest BCUT2D eigenvalue weighted by atomic mass is 10.1. The monoisotopic (exact) mass is 238 g/mol. The molecule has 1 aromatic carbocycles. The van der Waals surface area contributed by atoms with Crippen molar-refractivity contribution in [3.05, 3.63) is 41.6 Å². The van der Waals surface area contributed by atoms with Gasteiger partial charge in [0.2, 0.25) is 0 Å². The fourth-order valence-electron chi connectivity index (χ4n) is 1.98. The number of hydrogen-bond acceptors (Lipinski definition) is 3. The number of nitrogens with zero attached hydrogens (tertiary/aromatic N) is 2. The molecule has 2 aromatic rings. The lowest BCUT2D eigenvalue weighted by Crippen LogP contribution is -2.15. The molecule has 0 amide bonds. The number of aromatic nitrogens is 2. The van der Waals surface area contributed by atoms with Crippen molar-refractivity contribution < 1.29 is 0 Å². The Labute approximate surface area is 106 Å². The van der Waals surface area contributed by atoms with E-state index < -0.39 is 0 Å². The van der Waals surface area contributed by atoms with E-state index in [0.29, 0.717) is 11.6 Å². The fourth-order valence-corrected chi connectivity index (χ4v) is 1.98. The van der Waals surface area contributed by atoms with Crippen molar-refractivity contribution in [1.82, 2.24) is 15.5 Å². The topological polar surface area (TPSA) is 64.5 Å². The second-order valence-electron chi connectivity index (χ2n) is 4.62. The van der Waals surface area contributed by atoms with E-state index in [-0.39, 0.29) is 0 Å². The van der Waals surface area contributed by atoms with Gasteiger partial charge in [0.15, 0.2) is 0 Å². The Kier molecular flexibility index (Phi) is 2.83. The zero-order chi connectivity index (χ0) is 12.4. The summed E-state index contributed by atoms with van der Waals surface area (Å²) >= 11 is 0. The number of nitrogens with one attached hydrogen (secondary N) is 2. The molecule has 1 saturated carbocycles. The number of nitriles is 1. The highest BCUT2D eigenvalue weighted by atomic mass is 15.1. The Bertz CT molecular complexity index is 590. The van der Waals surface area contributed by atoms with Crippen LogP contribution in [0.25, 0.3) is 11.3 Å². The lowest BCUT2D eigenvalue weighted by Gasteiger charge is -2.04. The Hall–Kier alpha value is -2.12. The zero-order valence-electron chi connectivity index (χ0n) is 9.98. The van der Waals surface area contributed by atoms with Crippen LogP contribution in [0.2, 0.25) is 0 Å². The molecule has 0 saturated heterocycles. The molecule has 2 N–H and O–H groups in total. The van der Waals surface area contributed by atoms with Crippen molar-refractivity contribution in [1.29, 1.82) is 5.26 Å². The maximum atomic E-state index is 8.93. The van der Waals surface area contributed by atoms with Crippen molar-refractivity contribution in [3.8, 4) is 17.3 Å². The average molecular weight is 238 g/mol. The third kappa shape index (κ3) is 2.27. The highest BCUT2D eigenvalue weighted by molar-refractivity contribution is 5.64. The van der Waals surface area contributed by atoms with Gasteiger partial charge in [-0.05, 0) is 25.0 Å². The van der Waals surface area contributed by atoms with E-state index in [1.165, 1.54) is 12.8 Å². The largest absolute Gasteiger partial charge is 0.310 e. The lowest BCUT2D eigenvalue weighted by molar-refractivity contribution is 0.689. The van der Waals surface area contributed by atoms with Crippen molar-refractivity contribution in [2.75, 3.05) is 0 Å². The van der Waals surface area contributed by atoms with Gasteiger partial charge in [-0.3, -0.25) is 5.10 Å². The zero-order valence-corrected chi connectivity index (χ0v) is 9.98. The summed E-state index contributed by atoms with van der Waals surface area (Å²) in [6, 6.07) is 10.4. The van der Waals surface area contributed by atoms with Gasteiger partial charge in [-0.2, -0.15) is 10.4 Å². The first kappa shape index (κ1) is 11.0. The van der Waals surface area contributed by atoms with Gasteiger partial charge < -0.3 is 5.32 Å². The van der Waals surface area contributed by atoms with Crippen LogP contribution in [0.3, 0.4) is 0 Å². The summed E-state index contributed by atoms with van der Waals surface area (Å²) in [6.07, 6.45) is 4.40. The van der Waals surface area contributed by atoms with Gasteiger partial charge in [0.05, 0.1) is 23.5 Å². The molecule has 18 heavy (non-hydrogen) atoms. The van der Waals surface area contributed by atoms with E-state index in [4.69, 9.17) is 5.26 Å². The molecule has 0 bridgehead atoms. The molecule has 1 heterocycles. The van der Waals surface area contributed by atoms with Crippen LogP contribution in [0.4, 0.5) is 0 Å². The van der Waals surface area contributed by atoms with E-state index in [1.807, 2.05) is 30.5 Å². The normalized spacial score (nSPS) is 14.4. The maximum absolute atomic E-state index is 8.93. The summed E-state index contributed by atoms with van der Waals surface area (Å²) in [5, 5.41) is 19.5. The Morgan fingerprint density at radius 3 is 3.11 bits per heavy atom. The van der Waals surface area contributed by atoms with Crippen LogP contribution >= 0.6 is 0 Å². The molecule has 3 rings (SSSR count). The van der Waals surface area contributed by atoms with Gasteiger partial charge in [0.1, 0.15) is 0 Å². The minimum atomic E-state index is 0.670. The first-order valence-electron chi connectivity index (χ1n) is 6.13. The standard InChI is InChI=1S/C14H14N4/c15-7-10-2-1-3-11(6-10)14-12(9-17-18-14)8-16-13-4-5-13/h1-3,6,9,13,16H,4-5,8H2,(H,17,18). The number of rotatable bonds is 4. The molecule has 1 fully saturated rings. The molecule has 4 heteroatoms. The predicted molar refractivity (Wildman–Crippen MR) is 68.6 cm³/mol. The van der Waals surface area contributed by atoms with Crippen molar-refractivity contribution in [2.24, 2.45) is 0 Å². The molecule has 0 aliphatic heterocycles. The molecular formula is C14H14N4. The number of benzene rings is 1. The van der Waals surface area contributed by atoms with Gasteiger partial charge in [0.25, 0.3) is 0 Å². The molecule has 90 valence electrons. The summed E-state index contributed by atoms with van der Waals surface area (Å²) < 4.78 is 0. The van der Waals surface area contributed by atoms with Crippen LogP contribution in [0.15, 0.2) is 30.5 Å². The summed E-state index contributed by atoms with van der Waals surface area (Å²) in [5.74, 6) is 0. The van der Waals surface area contributed by atoms with Gasteiger partial charge in [-0.15, -0.1) is 0 Å². The second kappa shape index (κ2) is 4.63. The van der Waals surface area contributed by atoms with Crippen LogP contribution in [0.5, 0.6) is 0 Å². The quantitative estimate of drug-likeness (QED) is 0.858. The first-order valence-corrected chi connectivity index (χ1v) is 6.13. The van der Waals surface area contributed by atoms with Crippen LogP contribution in [0.1, 0.15) is 24.0 Å². The summed E-state index contributed by atoms with van der Waals surface area (Å²) in [6.45, 7) is 0.827. The smallest absolute Gasteiger partial charge is 0.0991 e. The average Bonchev–Trinajstić information content (AvgIpc) is 3.13.